The zero-order chi connectivity index (χ0) is 33.1. The molecule has 1 aliphatic heterocycles. The second kappa shape index (κ2) is 17.4. The maximum Gasteiger partial charge on any atom is 0.325 e. The Morgan fingerprint density at radius 1 is 0.978 bits per heavy atom. The number of amides is 1. The molecular weight excluding hydrogens is 643 g/mol. The van der Waals surface area contributed by atoms with Gasteiger partial charge in [0.2, 0.25) is 0 Å². The highest BCUT2D eigenvalue weighted by atomic mass is 35.5. The molecule has 1 heterocycles. The Bertz CT molecular complexity index is 1690. The highest BCUT2D eigenvalue weighted by Gasteiger charge is 2.25. The van der Waals surface area contributed by atoms with Crippen LogP contribution in [0.15, 0.2) is 89.8 Å². The first-order chi connectivity index (χ1) is 22.2. The standard InChI is InChI=1S/C24H21Cl2NO4.C12H17NOS/c1-31-23(29)15-27(14-18(11-12-28)17-9-10-21(25)22(26)13-17)24(30)20-8-4-6-16-5-2-3-7-19(16)20;1-15(14)12-5-3-2-4-11(12)10-6-8-13-9-7-10/h2-10,12-13,18H,11,14-15H2,1H3;2-5,10,13H,6-9H2,1H3/t;15-/m.0/s1. The van der Waals surface area contributed by atoms with Crippen molar-refractivity contribution in [2.45, 2.75) is 36.0 Å². The van der Waals surface area contributed by atoms with E-state index in [1.807, 2.05) is 48.5 Å². The SMILES string of the molecule is COC(=O)CN(CC(CC=O)c1ccc(Cl)c(Cl)c1)C(=O)c1cccc2ccccc12.C[S@](=O)c1ccccc1C1CCNCC1. The molecule has 1 aliphatic rings. The first kappa shape index (κ1) is 35.3. The lowest BCUT2D eigenvalue weighted by Crippen LogP contribution is -2.39. The van der Waals surface area contributed by atoms with E-state index in [2.05, 4.69) is 11.4 Å². The number of esters is 1. The fourth-order valence-electron chi connectivity index (χ4n) is 5.70. The van der Waals surface area contributed by atoms with E-state index in [0.29, 0.717) is 21.5 Å². The van der Waals surface area contributed by atoms with E-state index in [4.69, 9.17) is 27.9 Å². The van der Waals surface area contributed by atoms with Crippen molar-refractivity contribution in [3.8, 4) is 0 Å². The molecule has 0 aliphatic carbocycles. The Morgan fingerprint density at radius 2 is 1.67 bits per heavy atom. The first-order valence-electron chi connectivity index (χ1n) is 15.1. The van der Waals surface area contributed by atoms with Crippen molar-refractivity contribution < 1.29 is 23.3 Å². The van der Waals surface area contributed by atoms with Gasteiger partial charge in [-0.05, 0) is 78.0 Å². The van der Waals surface area contributed by atoms with Gasteiger partial charge in [0.05, 0.1) is 28.0 Å². The van der Waals surface area contributed by atoms with E-state index in [0.717, 1.165) is 53.4 Å². The van der Waals surface area contributed by atoms with E-state index >= 15 is 0 Å². The second-order valence-corrected chi connectivity index (χ2v) is 13.2. The number of piperidine rings is 1. The maximum absolute atomic E-state index is 13.5. The topological polar surface area (TPSA) is 92.8 Å². The average Bonchev–Trinajstić information content (AvgIpc) is 3.09. The molecule has 7 nitrogen and oxygen atoms in total. The largest absolute Gasteiger partial charge is 0.468 e. The smallest absolute Gasteiger partial charge is 0.325 e. The van der Waals surface area contributed by atoms with Gasteiger partial charge in [0.15, 0.2) is 0 Å². The molecule has 1 N–H and O–H groups in total. The van der Waals surface area contributed by atoms with Crippen molar-refractivity contribution in [1.29, 1.82) is 0 Å². The number of nitrogens with zero attached hydrogens (tertiary/aromatic N) is 1. The number of hydrogen-bond acceptors (Lipinski definition) is 6. The van der Waals surface area contributed by atoms with Crippen molar-refractivity contribution in [2.75, 3.05) is 39.5 Å². The summed E-state index contributed by atoms with van der Waals surface area (Å²) in [6.07, 6.45) is 5.02. The molecular formula is C36H38Cl2N2O5S. The lowest BCUT2D eigenvalue weighted by Gasteiger charge is -2.27. The van der Waals surface area contributed by atoms with Gasteiger partial charge < -0.3 is 19.7 Å². The van der Waals surface area contributed by atoms with Crippen LogP contribution in [0.2, 0.25) is 10.0 Å². The van der Waals surface area contributed by atoms with Crippen molar-refractivity contribution in [3.05, 3.63) is 112 Å². The van der Waals surface area contributed by atoms with Crippen molar-refractivity contribution >= 4 is 62.9 Å². The van der Waals surface area contributed by atoms with Crippen LogP contribution in [0.25, 0.3) is 10.8 Å². The summed E-state index contributed by atoms with van der Waals surface area (Å²) in [4.78, 5) is 39.3. The summed E-state index contributed by atoms with van der Waals surface area (Å²) in [5.74, 6) is -0.645. The quantitative estimate of drug-likeness (QED) is 0.143. The summed E-state index contributed by atoms with van der Waals surface area (Å²) in [5, 5.41) is 5.81. The number of nitrogens with one attached hydrogen (secondary N) is 1. The van der Waals surface area contributed by atoms with Gasteiger partial charge in [-0.15, -0.1) is 0 Å². The normalized spacial score (nSPS) is 14.4. The summed E-state index contributed by atoms with van der Waals surface area (Å²) >= 11 is 12.2. The maximum atomic E-state index is 13.5. The van der Waals surface area contributed by atoms with Crippen LogP contribution < -0.4 is 5.32 Å². The predicted molar refractivity (Wildman–Crippen MR) is 185 cm³/mol. The third-order valence-corrected chi connectivity index (χ3v) is 9.83. The Balaban J connectivity index is 0.000000266. The van der Waals surface area contributed by atoms with Crippen LogP contribution in [0.5, 0.6) is 0 Å². The summed E-state index contributed by atoms with van der Waals surface area (Å²) in [6.45, 7) is 2.05. The number of rotatable bonds is 10. The summed E-state index contributed by atoms with van der Waals surface area (Å²) in [5.41, 5.74) is 2.52. The summed E-state index contributed by atoms with van der Waals surface area (Å²) < 4.78 is 16.4. The van der Waals surface area contributed by atoms with Crippen LogP contribution in [0.3, 0.4) is 0 Å². The Morgan fingerprint density at radius 3 is 2.37 bits per heavy atom. The molecule has 4 aromatic carbocycles. The fraction of sp³-hybridized carbons (Fsp3) is 0.306. The molecule has 0 spiro atoms. The Kier molecular flexibility index (Phi) is 13.3. The predicted octanol–water partition coefficient (Wildman–Crippen LogP) is 7.03. The Labute approximate surface area is 282 Å². The Hall–Kier alpha value is -3.56. The van der Waals surface area contributed by atoms with Crippen molar-refractivity contribution in [3.63, 3.8) is 0 Å². The molecule has 0 aromatic heterocycles. The van der Waals surface area contributed by atoms with Crippen LogP contribution in [-0.2, 0) is 25.1 Å². The first-order valence-corrected chi connectivity index (χ1v) is 17.4. The van der Waals surface area contributed by atoms with Gasteiger partial charge in [-0.3, -0.25) is 13.8 Å². The zero-order valence-corrected chi connectivity index (χ0v) is 28.2. The zero-order valence-electron chi connectivity index (χ0n) is 25.9. The molecule has 0 saturated carbocycles. The van der Waals surface area contributed by atoms with Gasteiger partial charge >= 0.3 is 5.97 Å². The van der Waals surface area contributed by atoms with Crippen molar-refractivity contribution in [1.82, 2.24) is 10.2 Å². The fourth-order valence-corrected chi connectivity index (χ4v) is 6.84. The molecule has 242 valence electrons. The molecule has 1 fully saturated rings. The molecule has 1 amide bonds. The van der Waals surface area contributed by atoms with Crippen LogP contribution in [0, 0.1) is 0 Å². The number of ether oxygens (including phenoxy) is 1. The van der Waals surface area contributed by atoms with E-state index in [9.17, 15) is 18.6 Å². The monoisotopic (exact) mass is 680 g/mol. The number of methoxy groups -OCH3 is 1. The van der Waals surface area contributed by atoms with Gasteiger partial charge in [-0.1, -0.05) is 83.9 Å². The van der Waals surface area contributed by atoms with E-state index in [1.165, 1.54) is 17.6 Å². The number of fused-ring (bicyclic) bond motifs is 1. The third-order valence-electron chi connectivity index (χ3n) is 8.10. The highest BCUT2D eigenvalue weighted by molar-refractivity contribution is 7.84. The molecule has 1 unspecified atom stereocenters. The second-order valence-electron chi connectivity index (χ2n) is 11.1. The minimum absolute atomic E-state index is 0.133. The number of aldehydes is 1. The molecule has 10 heteroatoms. The van der Waals surface area contributed by atoms with Crippen molar-refractivity contribution in [2.24, 2.45) is 0 Å². The lowest BCUT2D eigenvalue weighted by molar-refractivity contribution is -0.141. The van der Waals surface area contributed by atoms with E-state index in [-0.39, 0.29) is 31.3 Å². The van der Waals surface area contributed by atoms with Gasteiger partial charge in [0, 0.05) is 35.6 Å². The van der Waals surface area contributed by atoms with E-state index < -0.39 is 16.8 Å². The van der Waals surface area contributed by atoms with Crippen LogP contribution in [0.1, 0.15) is 52.6 Å². The van der Waals surface area contributed by atoms with Crippen LogP contribution in [0.4, 0.5) is 0 Å². The molecule has 5 rings (SSSR count). The van der Waals surface area contributed by atoms with Gasteiger partial charge in [0.1, 0.15) is 12.8 Å². The molecule has 4 aromatic rings. The molecule has 0 radical (unpaired) electrons. The van der Waals surface area contributed by atoms with Gasteiger partial charge in [-0.25, -0.2) is 0 Å². The number of carbonyl (C=O) groups is 3. The molecule has 1 saturated heterocycles. The summed E-state index contributed by atoms with van der Waals surface area (Å²) in [7, 11) is 0.406. The van der Waals surface area contributed by atoms with Crippen LogP contribution >= 0.6 is 23.2 Å². The number of carbonyl (C=O) groups excluding carboxylic acids is 3. The van der Waals surface area contributed by atoms with E-state index in [1.54, 1.807) is 36.6 Å². The molecule has 2 atom stereocenters. The highest BCUT2D eigenvalue weighted by Crippen LogP contribution is 2.30. The number of hydrogen-bond donors (Lipinski definition) is 1. The third kappa shape index (κ3) is 9.26. The molecule has 0 bridgehead atoms. The lowest BCUT2D eigenvalue weighted by atomic mass is 9.90. The summed E-state index contributed by atoms with van der Waals surface area (Å²) in [6, 6.07) is 26.2. The number of halogens is 2. The van der Waals surface area contributed by atoms with Gasteiger partial charge in [0.25, 0.3) is 5.91 Å². The average molecular weight is 682 g/mol. The van der Waals surface area contributed by atoms with Crippen LogP contribution in [-0.4, -0.2) is 66.8 Å². The minimum atomic E-state index is -0.863. The van der Waals surface area contributed by atoms with Gasteiger partial charge in [-0.2, -0.15) is 0 Å². The molecule has 46 heavy (non-hydrogen) atoms. The minimum Gasteiger partial charge on any atom is -0.468 e. The number of benzene rings is 4.